The first-order valence-electron chi connectivity index (χ1n) is 4.60. The fraction of sp³-hybridized carbons (Fsp3) is 0.750. The minimum atomic E-state index is -6.24. The maximum atomic E-state index is 13.0. The van der Waals surface area contributed by atoms with Crippen molar-refractivity contribution in [2.75, 3.05) is 6.54 Å². The Hall–Kier alpha value is -1.55. The summed E-state index contributed by atoms with van der Waals surface area (Å²) in [6, 6.07) is 0. The number of hydrogen-bond donors (Lipinski definition) is 1. The molecule has 0 aromatic rings. The van der Waals surface area contributed by atoms with Crippen molar-refractivity contribution >= 4 is 11.9 Å². The van der Waals surface area contributed by atoms with Gasteiger partial charge in [-0.1, -0.05) is 0 Å². The average molecular weight is 298 g/mol. The van der Waals surface area contributed by atoms with Crippen LogP contribution in [0, 0.1) is 0 Å². The maximum absolute atomic E-state index is 13.0. The number of halogens is 7. The van der Waals surface area contributed by atoms with Crippen molar-refractivity contribution in [1.29, 1.82) is 0 Å². The summed E-state index contributed by atoms with van der Waals surface area (Å²) in [5.74, 6) is -3.27. The van der Waals surface area contributed by atoms with Crippen LogP contribution in [0.2, 0.25) is 0 Å². The van der Waals surface area contributed by atoms with Crippen LogP contribution in [-0.2, 0) is 9.59 Å². The molecule has 0 radical (unpaired) electrons. The molecule has 0 aliphatic rings. The molecular formula is C8H7F7NO3-. The molecule has 0 rings (SSSR count). The van der Waals surface area contributed by atoms with E-state index in [1.165, 1.54) is 5.32 Å². The van der Waals surface area contributed by atoms with Crippen molar-refractivity contribution in [2.24, 2.45) is 0 Å². The molecule has 0 aromatic heterocycles. The van der Waals surface area contributed by atoms with Gasteiger partial charge in [0, 0.05) is 12.8 Å². The number of carboxylic acid groups (broad SMARTS) is 1. The van der Waals surface area contributed by atoms with Gasteiger partial charge in [-0.15, -0.1) is 0 Å². The summed E-state index contributed by atoms with van der Waals surface area (Å²) in [7, 11) is 0. The molecule has 0 fully saturated rings. The van der Waals surface area contributed by atoms with Gasteiger partial charge in [0.25, 0.3) is 5.67 Å². The van der Waals surface area contributed by atoms with E-state index in [2.05, 4.69) is 0 Å². The number of rotatable bonds is 5. The van der Waals surface area contributed by atoms with Gasteiger partial charge in [0.15, 0.2) is 0 Å². The first-order valence-corrected chi connectivity index (χ1v) is 4.60. The van der Waals surface area contributed by atoms with Gasteiger partial charge < -0.3 is 15.2 Å². The number of carbonyl (C=O) groups is 2. The van der Waals surface area contributed by atoms with Crippen LogP contribution in [0.25, 0.3) is 0 Å². The predicted octanol–water partition coefficient (Wildman–Crippen LogP) is 0.466. The van der Waals surface area contributed by atoms with Gasteiger partial charge in [-0.3, -0.25) is 4.79 Å². The highest BCUT2D eigenvalue weighted by Gasteiger charge is 2.71. The maximum Gasteiger partial charge on any atom is 0.431 e. The molecule has 1 amide bonds. The molecule has 1 N–H and O–H groups in total. The number of nitrogens with one attached hydrogen (secondary N) is 1. The number of aliphatic carboxylic acids is 1. The van der Waals surface area contributed by atoms with E-state index in [4.69, 9.17) is 0 Å². The lowest BCUT2D eigenvalue weighted by Crippen LogP contribution is -2.53. The second-order valence-corrected chi connectivity index (χ2v) is 3.45. The summed E-state index contributed by atoms with van der Waals surface area (Å²) in [6.45, 7) is -1.10. The van der Waals surface area contributed by atoms with Crippen LogP contribution in [0.3, 0.4) is 0 Å². The van der Waals surface area contributed by atoms with Crippen LogP contribution in [0.5, 0.6) is 0 Å². The summed E-state index contributed by atoms with van der Waals surface area (Å²) in [5.41, 5.74) is -5.53. The number of carboxylic acids is 1. The fourth-order valence-electron chi connectivity index (χ4n) is 0.989. The lowest BCUT2D eigenvalue weighted by molar-refractivity contribution is -0.343. The summed E-state index contributed by atoms with van der Waals surface area (Å²) in [5, 5.41) is 11.3. The van der Waals surface area contributed by atoms with E-state index >= 15 is 0 Å². The molecular weight excluding hydrogens is 291 g/mol. The Balaban J connectivity index is 4.72. The van der Waals surface area contributed by atoms with E-state index in [9.17, 15) is 45.4 Å². The van der Waals surface area contributed by atoms with Crippen LogP contribution < -0.4 is 10.4 Å². The highest BCUT2D eigenvalue weighted by molar-refractivity contribution is 5.80. The van der Waals surface area contributed by atoms with Gasteiger partial charge in [-0.25, -0.2) is 4.39 Å². The monoisotopic (exact) mass is 298 g/mol. The van der Waals surface area contributed by atoms with Crippen molar-refractivity contribution in [3.8, 4) is 0 Å². The Morgan fingerprint density at radius 1 is 0.947 bits per heavy atom. The molecule has 0 saturated heterocycles. The summed E-state index contributed by atoms with van der Waals surface area (Å²) >= 11 is 0. The van der Waals surface area contributed by atoms with E-state index in [1.807, 2.05) is 0 Å². The van der Waals surface area contributed by atoms with Crippen LogP contribution >= 0.6 is 0 Å². The van der Waals surface area contributed by atoms with Gasteiger partial charge in [0.05, 0.1) is 12.5 Å². The van der Waals surface area contributed by atoms with Gasteiger partial charge in [0.1, 0.15) is 0 Å². The van der Waals surface area contributed by atoms with Gasteiger partial charge in [-0.05, 0) is 0 Å². The van der Waals surface area contributed by atoms with E-state index in [0.29, 0.717) is 0 Å². The largest absolute Gasteiger partial charge is 0.548 e. The molecule has 0 aromatic carbocycles. The molecule has 0 saturated carbocycles. The quantitative estimate of drug-likeness (QED) is 0.750. The predicted molar refractivity (Wildman–Crippen MR) is 43.2 cm³/mol. The third-order valence-electron chi connectivity index (χ3n) is 2.03. The third kappa shape index (κ3) is 4.56. The van der Waals surface area contributed by atoms with Crippen molar-refractivity contribution in [3.05, 3.63) is 0 Å². The van der Waals surface area contributed by atoms with Crippen molar-refractivity contribution in [3.63, 3.8) is 0 Å². The van der Waals surface area contributed by atoms with Crippen LogP contribution in [0.4, 0.5) is 30.7 Å². The van der Waals surface area contributed by atoms with Crippen molar-refractivity contribution in [1.82, 2.24) is 5.32 Å². The minimum Gasteiger partial charge on any atom is -0.548 e. The van der Waals surface area contributed by atoms with Crippen molar-refractivity contribution < 1.29 is 45.4 Å². The highest BCUT2D eigenvalue weighted by Crippen LogP contribution is 2.48. The molecule has 112 valence electrons. The summed E-state index contributed by atoms with van der Waals surface area (Å²) in [4.78, 5) is 20.6. The molecule has 0 aliphatic carbocycles. The highest BCUT2D eigenvalue weighted by atomic mass is 19.4. The first kappa shape index (κ1) is 17.4. The van der Waals surface area contributed by atoms with E-state index in [-0.39, 0.29) is 0 Å². The van der Waals surface area contributed by atoms with Crippen LogP contribution in [0.1, 0.15) is 12.8 Å². The molecule has 0 bridgehead atoms. The molecule has 19 heavy (non-hydrogen) atoms. The number of hydrogen-bond acceptors (Lipinski definition) is 3. The lowest BCUT2D eigenvalue weighted by Gasteiger charge is -2.29. The van der Waals surface area contributed by atoms with Crippen molar-refractivity contribution in [2.45, 2.75) is 30.9 Å². The average Bonchev–Trinajstić information content (AvgIpc) is 2.19. The smallest absolute Gasteiger partial charge is 0.431 e. The van der Waals surface area contributed by atoms with E-state index in [0.717, 1.165) is 0 Å². The van der Waals surface area contributed by atoms with E-state index < -0.39 is 49.3 Å². The Morgan fingerprint density at radius 2 is 1.37 bits per heavy atom. The zero-order chi connectivity index (χ0) is 15.5. The Kier molecular flexibility index (Phi) is 5.15. The Labute approximate surface area is 101 Å². The zero-order valence-corrected chi connectivity index (χ0v) is 8.99. The minimum absolute atomic E-state index is 1.10. The topological polar surface area (TPSA) is 69.2 Å². The second kappa shape index (κ2) is 5.61. The van der Waals surface area contributed by atoms with Crippen LogP contribution in [-0.4, -0.2) is 36.4 Å². The normalized spacial score (nSPS) is 13.2. The molecule has 0 atom stereocenters. The second-order valence-electron chi connectivity index (χ2n) is 3.45. The third-order valence-corrected chi connectivity index (χ3v) is 2.03. The summed E-state index contributed by atoms with van der Waals surface area (Å²) < 4.78 is 85.2. The van der Waals surface area contributed by atoms with Gasteiger partial charge >= 0.3 is 12.4 Å². The molecule has 11 heteroatoms. The standard InChI is InChI=1S/C8H8F7NO3/c9-6(7(10,11)12,8(13,14)15)2-1-4(17)16-3-5(18)19/h1-3H2,(H,16,17)(H,18,19)/p-1. The number of alkyl halides is 7. The summed E-state index contributed by atoms with van der Waals surface area (Å²) in [6.07, 6.45) is -16.2. The number of carbonyl (C=O) groups excluding carboxylic acids is 2. The number of amides is 1. The molecule has 4 nitrogen and oxygen atoms in total. The fourth-order valence-corrected chi connectivity index (χ4v) is 0.989. The lowest BCUT2D eigenvalue weighted by atomic mass is 9.98. The molecule has 0 spiro atoms. The zero-order valence-electron chi connectivity index (χ0n) is 8.99. The molecule has 0 heterocycles. The van der Waals surface area contributed by atoms with Gasteiger partial charge in [-0.2, -0.15) is 26.3 Å². The van der Waals surface area contributed by atoms with Crippen LogP contribution in [0.15, 0.2) is 0 Å². The molecule has 0 unspecified atom stereocenters. The Morgan fingerprint density at radius 3 is 1.68 bits per heavy atom. The first-order chi connectivity index (χ1) is 8.31. The molecule has 0 aliphatic heterocycles. The SMILES string of the molecule is O=C([O-])CNC(=O)CCC(F)(C(F)(F)F)C(F)(F)F. The Bertz CT molecular complexity index is 335. The van der Waals surface area contributed by atoms with Gasteiger partial charge in [0.2, 0.25) is 5.91 Å². The van der Waals surface area contributed by atoms with E-state index in [1.54, 1.807) is 0 Å².